The van der Waals surface area contributed by atoms with Crippen molar-refractivity contribution in [1.82, 2.24) is 50.2 Å². The molecule has 6 aliphatic heterocycles. The molecule has 4 fully saturated rings. The minimum Gasteiger partial charge on any atom is -0.478 e. The summed E-state index contributed by atoms with van der Waals surface area (Å²) < 4.78 is 37.2. The highest BCUT2D eigenvalue weighted by atomic mass is 79.9. The number of aliphatic imine (C=N–C) groups is 2. The molecule has 8 aromatic rings. The van der Waals surface area contributed by atoms with E-state index in [0.717, 1.165) is 0 Å². The predicted octanol–water partition coefficient (Wildman–Crippen LogP) is 11.3. The first-order chi connectivity index (χ1) is 49.4. The normalized spacial score (nSPS) is 19.0. The fourth-order valence-electron chi connectivity index (χ4n) is 12.6. The highest BCUT2D eigenvalue weighted by Gasteiger charge is 2.45. The summed E-state index contributed by atoms with van der Waals surface area (Å²) in [5, 5.41) is 31.1. The molecule has 0 bridgehead atoms. The number of ether oxygens (including phenoxy) is 4. The van der Waals surface area contributed by atoms with Gasteiger partial charge in [-0.1, -0.05) is 63.4 Å². The number of benzene rings is 4. The van der Waals surface area contributed by atoms with Crippen molar-refractivity contribution in [2.45, 2.75) is 38.0 Å². The Bertz CT molecular complexity index is 4380. The molecule has 14 rings (SSSR count). The van der Waals surface area contributed by atoms with Crippen LogP contribution in [0.15, 0.2) is 182 Å². The van der Waals surface area contributed by atoms with Crippen LogP contribution in [0.1, 0.15) is 67.8 Å². The molecule has 0 saturated carbocycles. The van der Waals surface area contributed by atoms with E-state index in [2.05, 4.69) is 56.3 Å². The molecule has 26 nitrogen and oxygen atoms in total. The maximum Gasteiger partial charge on any atom is 0.338 e. The number of amides is 4. The lowest BCUT2D eigenvalue weighted by Crippen LogP contribution is -2.53. The largest absolute Gasteiger partial charge is 0.478 e. The number of nitrogens with zero attached hydrogens (tertiary/aromatic N) is 12. The molecule has 102 heavy (non-hydrogen) atoms. The fraction of sp³-hybridized carbons (Fsp3) is 0.257. The molecule has 4 atom stereocenters. The maximum absolute atomic E-state index is 14.1. The first kappa shape index (κ1) is 70.2. The number of aromatic nitrogens is 4. The number of anilines is 2. The number of carboxylic acids is 2. The number of halogens is 4. The number of nitrogens with one attached hydrogen (secondary N) is 2. The number of hydrogen-bond donors (Lipinski definition) is 4. The van der Waals surface area contributed by atoms with Crippen molar-refractivity contribution < 1.29 is 62.3 Å². The van der Waals surface area contributed by atoms with Crippen molar-refractivity contribution >= 4 is 121 Å². The van der Waals surface area contributed by atoms with E-state index in [9.17, 15) is 43.4 Å². The summed E-state index contributed by atoms with van der Waals surface area (Å²) in [6.07, 6.45) is 6.36. The van der Waals surface area contributed by atoms with Crippen molar-refractivity contribution in [1.29, 1.82) is 0 Å². The average Bonchev–Trinajstić information content (AvgIpc) is 1.28. The summed E-state index contributed by atoms with van der Waals surface area (Å²) >= 11 is 19.2. The van der Waals surface area contributed by atoms with Gasteiger partial charge in [-0.3, -0.25) is 29.6 Å². The molecule has 6 aliphatic rings. The van der Waals surface area contributed by atoms with E-state index in [0.29, 0.717) is 170 Å². The van der Waals surface area contributed by atoms with E-state index in [4.69, 9.17) is 52.1 Å². The third-order valence-corrected chi connectivity index (χ3v) is 20.1. The van der Waals surface area contributed by atoms with Crippen LogP contribution in [-0.4, -0.2) is 188 Å². The quantitative estimate of drug-likeness (QED) is 0.0515. The van der Waals surface area contributed by atoms with Gasteiger partial charge < -0.3 is 49.6 Å². The van der Waals surface area contributed by atoms with Gasteiger partial charge in [0.25, 0.3) is 0 Å². The number of carbonyl (C=O) groups excluding carboxylic acids is 4. The first-order valence-corrected chi connectivity index (χ1v) is 35.4. The van der Waals surface area contributed by atoms with Gasteiger partial charge in [0.2, 0.25) is 0 Å². The maximum atomic E-state index is 14.1. The SMILES string of the molecule is CCOC(=O)C1=C(CN2CCN3C(=O)N(c4ccc(Oc5cccc(C(=O)O)c5)cn4)C[C@@H]3C2)NC(c2nccs2)=N[C@H]1c1ccc(Cl)cc1Cl.CCOC(=O)C1=C(CN2CCN3C(=O)N(c4ccc(Oc5cccc(C(=O)O)c5)cn4)C[C@@H]3C2)NC(c2nccs2)=N[C@H]1c1ccc(F)cc1Br. The second kappa shape index (κ2) is 30.9. The van der Waals surface area contributed by atoms with E-state index in [1.807, 2.05) is 20.6 Å². The number of piperazine rings is 2. The van der Waals surface area contributed by atoms with Gasteiger partial charge in [-0.2, -0.15) is 0 Å². The third kappa shape index (κ3) is 15.5. The van der Waals surface area contributed by atoms with Crippen LogP contribution in [0.3, 0.4) is 0 Å². The van der Waals surface area contributed by atoms with Gasteiger partial charge in [-0.15, -0.1) is 22.7 Å². The van der Waals surface area contributed by atoms with Crippen molar-refractivity contribution in [3.8, 4) is 23.0 Å². The van der Waals surface area contributed by atoms with E-state index in [-0.39, 0.29) is 48.5 Å². The standard InChI is InChI=1S/C35H31BrFN7O6S.C35H31Cl2N7O6S/c1-2-49-34(47)29-27(40-31(32-38-10-13-51-32)41-30(29)25-8-6-21(37)15-26(25)36)19-42-11-12-43-22(17-42)18-44(35(43)48)28-9-7-24(16-39-28)50-23-5-3-4-20(14-23)33(45)46;1-2-49-34(47)29-27(40-31(32-38-10-13-51-32)41-30(29)25-8-6-21(36)15-26(25)37)19-42-11-12-43-22(17-42)18-44(35(43)48)28-9-7-24(16-39-28)50-23-5-3-4-20(14-23)33(45)46/h2*3-10,13-16,22,30H,2,11-12,17-19H2,1H3,(H,40,41)(H,45,46)/t2*22-,30-/m00/s1. The topological polar surface area (TPSA) is 300 Å². The Morgan fingerprint density at radius 1 is 0.588 bits per heavy atom. The highest BCUT2D eigenvalue weighted by molar-refractivity contribution is 9.10. The zero-order valence-electron chi connectivity index (χ0n) is 54.3. The predicted molar refractivity (Wildman–Crippen MR) is 382 cm³/mol. The number of carboxylic acid groups (broad SMARTS) is 2. The molecule has 0 unspecified atom stereocenters. The number of amidine groups is 2. The van der Waals surface area contributed by atoms with Crippen LogP contribution in [-0.2, 0) is 19.1 Å². The zero-order chi connectivity index (χ0) is 71.3. The Hall–Kier alpha value is -10.2. The van der Waals surface area contributed by atoms with Gasteiger partial charge in [0.15, 0.2) is 21.7 Å². The molecule has 0 aliphatic carbocycles. The second-order valence-corrected chi connectivity index (χ2v) is 27.3. The molecule has 0 radical (unpaired) electrons. The van der Waals surface area contributed by atoms with Crippen LogP contribution in [0.5, 0.6) is 23.0 Å². The molecule has 4 saturated heterocycles. The Kier molecular flexibility index (Phi) is 21.3. The smallest absolute Gasteiger partial charge is 0.338 e. The lowest BCUT2D eigenvalue weighted by molar-refractivity contribution is -0.139. The van der Waals surface area contributed by atoms with Gasteiger partial charge in [-0.05, 0) is 104 Å². The van der Waals surface area contributed by atoms with Crippen LogP contribution in [0.2, 0.25) is 10.0 Å². The van der Waals surface area contributed by atoms with Crippen LogP contribution in [0.4, 0.5) is 25.6 Å². The van der Waals surface area contributed by atoms with Gasteiger partial charge in [0.05, 0.1) is 73.1 Å². The molecular weight excluding hydrogens is 1460 g/mol. The zero-order valence-corrected chi connectivity index (χ0v) is 59.1. The molecule has 4 amide bonds. The Balaban J connectivity index is 0.000000182. The van der Waals surface area contributed by atoms with Crippen LogP contribution in [0.25, 0.3) is 0 Å². The van der Waals surface area contributed by atoms with Crippen molar-refractivity contribution in [3.63, 3.8) is 0 Å². The summed E-state index contributed by atoms with van der Waals surface area (Å²) in [4.78, 5) is 116. The molecule has 4 aromatic carbocycles. The Labute approximate surface area is 609 Å². The number of pyridine rings is 2. The van der Waals surface area contributed by atoms with Crippen molar-refractivity contribution in [2.24, 2.45) is 9.98 Å². The number of urea groups is 2. The van der Waals surface area contributed by atoms with Gasteiger partial charge in [0, 0.05) is 107 Å². The van der Waals surface area contributed by atoms with Crippen LogP contribution < -0.4 is 29.9 Å². The first-order valence-electron chi connectivity index (χ1n) is 32.1. The Morgan fingerprint density at radius 2 is 1.07 bits per heavy atom. The minimum atomic E-state index is -1.06. The number of esters is 2. The van der Waals surface area contributed by atoms with Gasteiger partial charge >= 0.3 is 35.9 Å². The van der Waals surface area contributed by atoms with Crippen molar-refractivity contribution in [3.05, 3.63) is 220 Å². The lowest BCUT2D eigenvalue weighted by atomic mass is 9.95. The highest BCUT2D eigenvalue weighted by Crippen LogP contribution is 2.41. The fourth-order valence-corrected chi connectivity index (χ4v) is 14.9. The van der Waals surface area contributed by atoms with E-state index < -0.39 is 41.8 Å². The molecular formula is C70H62BrCl2FN14O12S2. The number of rotatable bonds is 20. The van der Waals surface area contributed by atoms with E-state index in [1.165, 1.54) is 71.5 Å². The molecule has 10 heterocycles. The Morgan fingerprint density at radius 3 is 1.49 bits per heavy atom. The monoisotopic (exact) mass is 1520 g/mol. The second-order valence-electron chi connectivity index (χ2n) is 23.8. The molecule has 32 heteroatoms. The summed E-state index contributed by atoms with van der Waals surface area (Å²) in [5.41, 5.74) is 3.29. The lowest BCUT2D eigenvalue weighted by Gasteiger charge is -2.38. The molecule has 524 valence electrons. The third-order valence-electron chi connectivity index (χ3n) is 17.3. The van der Waals surface area contributed by atoms with E-state index >= 15 is 0 Å². The summed E-state index contributed by atoms with van der Waals surface area (Å²) in [6, 6.07) is 26.3. The van der Waals surface area contributed by atoms with E-state index in [1.54, 1.807) is 109 Å². The summed E-state index contributed by atoms with van der Waals surface area (Å²) in [6.45, 7) is 8.43. The number of fused-ring (bicyclic) bond motifs is 2. The molecule has 0 spiro atoms. The average molecular weight is 1530 g/mol. The van der Waals surface area contributed by atoms with Gasteiger partial charge in [-0.25, -0.2) is 53.1 Å². The van der Waals surface area contributed by atoms with Crippen molar-refractivity contribution in [2.75, 3.05) is 88.5 Å². The number of aromatic carboxylic acids is 2. The number of hydrogen-bond acceptors (Lipinski definition) is 22. The van der Waals surface area contributed by atoms with Gasteiger partial charge in [0.1, 0.15) is 52.5 Å². The van der Waals surface area contributed by atoms with Crippen LogP contribution >= 0.6 is 61.8 Å². The minimum absolute atomic E-state index is 0.104. The summed E-state index contributed by atoms with van der Waals surface area (Å²) in [7, 11) is 0. The van der Waals surface area contributed by atoms with Crippen LogP contribution in [0, 0.1) is 5.82 Å². The summed E-state index contributed by atoms with van der Waals surface area (Å²) in [5.74, 6) is -0.114. The number of thiazole rings is 2. The molecule has 4 aromatic heterocycles. The number of carbonyl (C=O) groups is 6. The molecule has 4 N–H and O–H groups in total.